The Hall–Kier alpha value is -0.980. The topological polar surface area (TPSA) is 65.5 Å². The van der Waals surface area contributed by atoms with Crippen molar-refractivity contribution in [3.05, 3.63) is 16.1 Å². The van der Waals surface area contributed by atoms with Crippen LogP contribution in [0.3, 0.4) is 0 Å². The fourth-order valence-corrected chi connectivity index (χ4v) is 2.28. The average molecular weight is 271 g/mol. The molecule has 1 rings (SSSR count). The molecule has 102 valence electrons. The molecule has 0 fully saturated rings. The van der Waals surface area contributed by atoms with Crippen LogP contribution in [0.15, 0.2) is 5.38 Å². The van der Waals surface area contributed by atoms with Crippen LogP contribution in [-0.4, -0.2) is 47.6 Å². The largest absolute Gasteiger partial charge is 0.393 e. The molecule has 2 N–H and O–H groups in total. The molecule has 1 heterocycles. The van der Waals surface area contributed by atoms with Gasteiger partial charge in [0.15, 0.2) is 0 Å². The second kappa shape index (κ2) is 7.45. The zero-order valence-electron chi connectivity index (χ0n) is 11.1. The van der Waals surface area contributed by atoms with Gasteiger partial charge in [-0.15, -0.1) is 11.3 Å². The van der Waals surface area contributed by atoms with Gasteiger partial charge < -0.3 is 15.3 Å². The number of rotatable bonds is 7. The summed E-state index contributed by atoms with van der Waals surface area (Å²) in [7, 11) is 3.63. The Bertz CT molecular complexity index is 379. The lowest BCUT2D eigenvalue weighted by molar-refractivity contribution is -0.119. The molecule has 0 bridgehead atoms. The summed E-state index contributed by atoms with van der Waals surface area (Å²) in [4.78, 5) is 17.7. The second-order valence-electron chi connectivity index (χ2n) is 4.46. The summed E-state index contributed by atoms with van der Waals surface area (Å²) >= 11 is 1.51. The normalized spacial score (nSPS) is 12.7. The van der Waals surface area contributed by atoms with E-state index in [1.807, 2.05) is 12.4 Å². The Morgan fingerprint density at radius 3 is 3.00 bits per heavy atom. The van der Waals surface area contributed by atoms with Crippen molar-refractivity contribution >= 4 is 17.2 Å². The van der Waals surface area contributed by atoms with E-state index in [0.717, 1.165) is 30.2 Å². The summed E-state index contributed by atoms with van der Waals surface area (Å²) in [6.07, 6.45) is 0.830. The maximum atomic E-state index is 11.2. The van der Waals surface area contributed by atoms with Gasteiger partial charge in [-0.25, -0.2) is 4.98 Å². The van der Waals surface area contributed by atoms with Crippen LogP contribution in [0.2, 0.25) is 0 Å². The number of nitrogens with one attached hydrogen (secondary N) is 1. The summed E-state index contributed by atoms with van der Waals surface area (Å²) in [6, 6.07) is 0. The minimum Gasteiger partial charge on any atom is -0.393 e. The average Bonchev–Trinajstić information content (AvgIpc) is 2.73. The zero-order chi connectivity index (χ0) is 13.5. The van der Waals surface area contributed by atoms with Crippen molar-refractivity contribution in [2.75, 3.05) is 20.6 Å². The molecule has 1 unspecified atom stereocenters. The molecule has 18 heavy (non-hydrogen) atoms. The number of thiazole rings is 1. The number of aliphatic hydroxyl groups is 1. The Morgan fingerprint density at radius 1 is 1.67 bits per heavy atom. The molecule has 0 spiro atoms. The number of nitrogens with zero attached hydrogens (tertiary/aromatic N) is 2. The fourth-order valence-electron chi connectivity index (χ4n) is 1.49. The van der Waals surface area contributed by atoms with Crippen molar-refractivity contribution in [1.29, 1.82) is 0 Å². The Labute approximate surface area is 112 Å². The van der Waals surface area contributed by atoms with Crippen LogP contribution in [0.4, 0.5) is 0 Å². The van der Waals surface area contributed by atoms with E-state index in [2.05, 4.69) is 15.2 Å². The first-order valence-corrected chi connectivity index (χ1v) is 6.89. The Balaban J connectivity index is 2.41. The van der Waals surface area contributed by atoms with Gasteiger partial charge in [-0.1, -0.05) is 0 Å². The number of hydrogen-bond acceptors (Lipinski definition) is 5. The molecule has 5 nitrogen and oxygen atoms in total. The number of hydrogen-bond donors (Lipinski definition) is 2. The molecule has 6 heteroatoms. The Kier molecular flexibility index (Phi) is 6.24. The minimum atomic E-state index is -0.272. The van der Waals surface area contributed by atoms with Gasteiger partial charge >= 0.3 is 0 Å². The van der Waals surface area contributed by atoms with Crippen molar-refractivity contribution in [2.45, 2.75) is 32.4 Å². The number of carbonyl (C=O) groups excluding carboxylic acids is 1. The van der Waals surface area contributed by atoms with Gasteiger partial charge in [-0.2, -0.15) is 0 Å². The number of aromatic nitrogens is 1. The first-order valence-electron chi connectivity index (χ1n) is 6.01. The summed E-state index contributed by atoms with van der Waals surface area (Å²) in [6.45, 7) is 3.37. The van der Waals surface area contributed by atoms with Gasteiger partial charge in [-0.05, 0) is 20.4 Å². The predicted octanol–water partition coefficient (Wildman–Crippen LogP) is 0.634. The second-order valence-corrected chi connectivity index (χ2v) is 5.40. The third-order valence-corrected chi connectivity index (χ3v) is 3.45. The Morgan fingerprint density at radius 2 is 2.39 bits per heavy atom. The van der Waals surface area contributed by atoms with Crippen molar-refractivity contribution in [3.63, 3.8) is 0 Å². The molecule has 0 aliphatic heterocycles. The molecule has 1 amide bonds. The molecule has 1 atom stereocenters. The fraction of sp³-hybridized carbons (Fsp3) is 0.667. The molecular weight excluding hydrogens is 250 g/mol. The van der Waals surface area contributed by atoms with Gasteiger partial charge in [-0.3, -0.25) is 4.79 Å². The van der Waals surface area contributed by atoms with Gasteiger partial charge in [0.1, 0.15) is 5.01 Å². The molecule has 0 aliphatic rings. The van der Waals surface area contributed by atoms with Gasteiger partial charge in [0, 0.05) is 25.5 Å². The first kappa shape index (κ1) is 15.1. The molecule has 0 radical (unpaired) electrons. The highest BCUT2D eigenvalue weighted by atomic mass is 32.1. The standard InChI is InChI=1S/C12H21N3O2S/c1-9(16)4-5-15(3)7-10-8-18-12(14-10)6-11(17)13-2/h8-9,16H,4-7H2,1-3H3,(H,13,17). The number of aliphatic hydroxyl groups excluding tert-OH is 1. The van der Waals surface area contributed by atoms with Gasteiger partial charge in [0.25, 0.3) is 0 Å². The summed E-state index contributed by atoms with van der Waals surface area (Å²) in [5.74, 6) is -0.0154. The number of carbonyl (C=O) groups is 1. The molecule has 0 saturated heterocycles. The lowest BCUT2D eigenvalue weighted by atomic mass is 10.3. The molecule has 1 aromatic rings. The van der Waals surface area contributed by atoms with E-state index >= 15 is 0 Å². The third kappa shape index (κ3) is 5.57. The van der Waals surface area contributed by atoms with E-state index in [-0.39, 0.29) is 12.0 Å². The van der Waals surface area contributed by atoms with Crippen LogP contribution in [0, 0.1) is 0 Å². The van der Waals surface area contributed by atoms with Crippen molar-refractivity contribution in [1.82, 2.24) is 15.2 Å². The van der Waals surface area contributed by atoms with Crippen LogP contribution in [0.1, 0.15) is 24.0 Å². The highest BCUT2D eigenvalue weighted by molar-refractivity contribution is 7.09. The first-order chi connectivity index (χ1) is 8.51. The van der Waals surface area contributed by atoms with E-state index in [0.29, 0.717) is 6.42 Å². The van der Waals surface area contributed by atoms with E-state index < -0.39 is 0 Å². The lowest BCUT2D eigenvalue weighted by Crippen LogP contribution is -2.22. The smallest absolute Gasteiger partial charge is 0.226 e. The van der Waals surface area contributed by atoms with Crippen molar-refractivity contribution in [3.8, 4) is 0 Å². The number of amides is 1. The van der Waals surface area contributed by atoms with E-state index in [9.17, 15) is 9.90 Å². The van der Waals surface area contributed by atoms with E-state index in [1.165, 1.54) is 11.3 Å². The third-order valence-electron chi connectivity index (χ3n) is 2.55. The van der Waals surface area contributed by atoms with Crippen LogP contribution >= 0.6 is 11.3 Å². The summed E-state index contributed by atoms with van der Waals surface area (Å²) in [5, 5.41) is 14.6. The van der Waals surface area contributed by atoms with Crippen molar-refractivity contribution < 1.29 is 9.90 Å². The molecular formula is C12H21N3O2S. The van der Waals surface area contributed by atoms with E-state index in [1.54, 1.807) is 14.0 Å². The minimum absolute atomic E-state index is 0.0154. The molecule has 1 aromatic heterocycles. The van der Waals surface area contributed by atoms with Crippen molar-refractivity contribution in [2.24, 2.45) is 0 Å². The molecule has 0 aliphatic carbocycles. The zero-order valence-corrected chi connectivity index (χ0v) is 12.0. The quantitative estimate of drug-likeness (QED) is 0.763. The predicted molar refractivity (Wildman–Crippen MR) is 72.5 cm³/mol. The van der Waals surface area contributed by atoms with Gasteiger partial charge in [0.05, 0.1) is 18.2 Å². The lowest BCUT2D eigenvalue weighted by Gasteiger charge is -2.15. The maximum absolute atomic E-state index is 11.2. The maximum Gasteiger partial charge on any atom is 0.226 e. The summed E-state index contributed by atoms with van der Waals surface area (Å²) in [5.41, 5.74) is 0.979. The van der Waals surface area contributed by atoms with Crippen LogP contribution in [-0.2, 0) is 17.8 Å². The van der Waals surface area contributed by atoms with Gasteiger partial charge in [0.2, 0.25) is 5.91 Å². The highest BCUT2D eigenvalue weighted by Crippen LogP contribution is 2.12. The van der Waals surface area contributed by atoms with Crippen LogP contribution in [0.25, 0.3) is 0 Å². The molecule has 0 saturated carbocycles. The SMILES string of the molecule is CNC(=O)Cc1nc(CN(C)CCC(C)O)cs1. The van der Waals surface area contributed by atoms with Crippen LogP contribution < -0.4 is 5.32 Å². The number of likely N-dealkylation sites (N-methyl/N-ethyl adjacent to an activating group) is 1. The monoisotopic (exact) mass is 271 g/mol. The summed E-state index contributed by atoms with van der Waals surface area (Å²) < 4.78 is 0. The van der Waals surface area contributed by atoms with E-state index in [4.69, 9.17) is 0 Å². The molecule has 0 aromatic carbocycles. The highest BCUT2D eigenvalue weighted by Gasteiger charge is 2.08. The van der Waals surface area contributed by atoms with Crippen LogP contribution in [0.5, 0.6) is 0 Å².